The highest BCUT2D eigenvalue weighted by molar-refractivity contribution is 9.10. The van der Waals surface area contributed by atoms with Crippen LogP contribution < -0.4 is 5.73 Å². The van der Waals surface area contributed by atoms with E-state index in [1.54, 1.807) is 11.3 Å². The van der Waals surface area contributed by atoms with Crippen LogP contribution in [0.2, 0.25) is 0 Å². The zero-order valence-electron chi connectivity index (χ0n) is 10.2. The lowest BCUT2D eigenvalue weighted by Crippen LogP contribution is -2.48. The molecule has 0 spiro atoms. The highest BCUT2D eigenvalue weighted by atomic mass is 79.9. The normalized spacial score (nSPS) is 28.2. The molecule has 1 aliphatic heterocycles. The lowest BCUT2D eigenvalue weighted by molar-refractivity contribution is 0.152. The fourth-order valence-corrected chi connectivity index (χ4v) is 5.23. The molecule has 1 fully saturated rings. The molecule has 0 aromatic carbocycles. The summed E-state index contributed by atoms with van der Waals surface area (Å²) in [5.74, 6) is 1.21. The minimum Gasteiger partial charge on any atom is -0.329 e. The van der Waals surface area contributed by atoms with Crippen LogP contribution in [0.3, 0.4) is 0 Å². The third kappa shape index (κ3) is 2.89. The van der Waals surface area contributed by atoms with E-state index in [0.717, 1.165) is 6.54 Å². The molecule has 17 heavy (non-hydrogen) atoms. The highest BCUT2D eigenvalue weighted by Crippen LogP contribution is 2.36. The van der Waals surface area contributed by atoms with Crippen LogP contribution >= 0.6 is 39.0 Å². The molecule has 96 valence electrons. The molecule has 0 amide bonds. The molecule has 2 nitrogen and oxygen atoms in total. The first-order valence-electron chi connectivity index (χ1n) is 5.95. The fraction of sp³-hybridized carbons (Fsp3) is 0.667. The zero-order valence-corrected chi connectivity index (χ0v) is 13.4. The molecule has 0 saturated carbocycles. The van der Waals surface area contributed by atoms with Gasteiger partial charge in [-0.2, -0.15) is 11.8 Å². The SMILES string of the molecule is CC1SCCN(C(CN)c2sccc2Br)C1C. The van der Waals surface area contributed by atoms with Crippen molar-refractivity contribution in [2.24, 2.45) is 5.73 Å². The summed E-state index contributed by atoms with van der Waals surface area (Å²) < 4.78 is 1.20. The minimum absolute atomic E-state index is 0.364. The van der Waals surface area contributed by atoms with Gasteiger partial charge in [0.2, 0.25) is 0 Å². The summed E-state index contributed by atoms with van der Waals surface area (Å²) in [7, 11) is 0. The number of hydrogen-bond acceptors (Lipinski definition) is 4. The first kappa shape index (κ1) is 13.9. The topological polar surface area (TPSA) is 29.3 Å². The van der Waals surface area contributed by atoms with E-state index in [1.165, 1.54) is 15.1 Å². The first-order valence-corrected chi connectivity index (χ1v) is 8.67. The van der Waals surface area contributed by atoms with Crippen LogP contribution in [0.25, 0.3) is 0 Å². The van der Waals surface area contributed by atoms with Gasteiger partial charge >= 0.3 is 0 Å². The largest absolute Gasteiger partial charge is 0.329 e. The van der Waals surface area contributed by atoms with E-state index in [0.29, 0.717) is 23.9 Å². The van der Waals surface area contributed by atoms with Gasteiger partial charge in [-0.1, -0.05) is 6.92 Å². The third-order valence-electron chi connectivity index (χ3n) is 3.50. The van der Waals surface area contributed by atoms with Gasteiger partial charge in [0.05, 0.1) is 6.04 Å². The lowest BCUT2D eigenvalue weighted by Gasteiger charge is -2.42. The van der Waals surface area contributed by atoms with Crippen molar-refractivity contribution in [3.05, 3.63) is 20.8 Å². The van der Waals surface area contributed by atoms with Gasteiger partial charge in [-0.05, 0) is 34.3 Å². The molecule has 1 aromatic rings. The summed E-state index contributed by atoms with van der Waals surface area (Å²) in [4.78, 5) is 3.94. The second-order valence-corrected chi connectivity index (χ2v) is 7.73. The summed E-state index contributed by atoms with van der Waals surface area (Å²) in [6.45, 7) is 6.47. The molecule has 3 unspecified atom stereocenters. The summed E-state index contributed by atoms with van der Waals surface area (Å²) in [5.41, 5.74) is 6.01. The number of halogens is 1. The summed E-state index contributed by atoms with van der Waals surface area (Å²) in [6, 6.07) is 3.08. The maximum Gasteiger partial charge on any atom is 0.0578 e. The Bertz CT molecular complexity index is 369. The molecule has 2 N–H and O–H groups in total. The van der Waals surface area contributed by atoms with Crippen molar-refractivity contribution in [3.63, 3.8) is 0 Å². The van der Waals surface area contributed by atoms with Gasteiger partial charge < -0.3 is 5.73 Å². The zero-order chi connectivity index (χ0) is 12.4. The second-order valence-electron chi connectivity index (χ2n) is 4.44. The fourth-order valence-electron chi connectivity index (χ4n) is 2.33. The van der Waals surface area contributed by atoms with E-state index in [1.807, 2.05) is 0 Å². The highest BCUT2D eigenvalue weighted by Gasteiger charge is 2.32. The second kappa shape index (κ2) is 6.06. The number of nitrogens with zero attached hydrogens (tertiary/aromatic N) is 1. The Kier molecular flexibility index (Phi) is 4.95. The van der Waals surface area contributed by atoms with Crippen LogP contribution in [0.15, 0.2) is 15.9 Å². The van der Waals surface area contributed by atoms with E-state index < -0.39 is 0 Å². The van der Waals surface area contributed by atoms with Gasteiger partial charge in [0.15, 0.2) is 0 Å². The molecule has 3 atom stereocenters. The third-order valence-corrected chi connectivity index (χ3v) is 6.81. The Morgan fingerprint density at radius 1 is 1.59 bits per heavy atom. The Labute approximate surface area is 120 Å². The van der Waals surface area contributed by atoms with Crippen molar-refractivity contribution in [2.75, 3.05) is 18.8 Å². The molecule has 1 saturated heterocycles. The number of hydrogen-bond donors (Lipinski definition) is 1. The molecular weight excluding hydrogens is 316 g/mol. The van der Waals surface area contributed by atoms with Crippen molar-refractivity contribution in [1.82, 2.24) is 4.90 Å². The van der Waals surface area contributed by atoms with Gasteiger partial charge in [-0.15, -0.1) is 11.3 Å². The van der Waals surface area contributed by atoms with Crippen molar-refractivity contribution in [1.29, 1.82) is 0 Å². The molecule has 2 rings (SSSR count). The smallest absolute Gasteiger partial charge is 0.0578 e. The van der Waals surface area contributed by atoms with E-state index >= 15 is 0 Å². The van der Waals surface area contributed by atoms with Gasteiger partial charge in [-0.3, -0.25) is 4.90 Å². The predicted octanol–water partition coefficient (Wildman–Crippen LogP) is 3.34. The maximum absolute atomic E-state index is 6.01. The van der Waals surface area contributed by atoms with Gasteiger partial charge in [0.25, 0.3) is 0 Å². The van der Waals surface area contributed by atoms with Crippen molar-refractivity contribution in [2.45, 2.75) is 31.2 Å². The van der Waals surface area contributed by atoms with Crippen LogP contribution in [-0.4, -0.2) is 35.0 Å². The number of thioether (sulfide) groups is 1. The van der Waals surface area contributed by atoms with Crippen molar-refractivity contribution in [3.8, 4) is 0 Å². The molecule has 0 bridgehead atoms. The Morgan fingerprint density at radius 2 is 2.35 bits per heavy atom. The number of nitrogens with two attached hydrogens (primary N) is 1. The average Bonchev–Trinajstić information content (AvgIpc) is 2.72. The van der Waals surface area contributed by atoms with E-state index in [2.05, 4.69) is 57.9 Å². The van der Waals surface area contributed by atoms with E-state index in [4.69, 9.17) is 5.73 Å². The standard InChI is InChI=1S/C12H19BrN2S2/c1-8-9(2)16-6-4-15(8)11(7-14)12-10(13)3-5-17-12/h3,5,8-9,11H,4,6-7,14H2,1-2H3. The average molecular weight is 335 g/mol. The minimum atomic E-state index is 0.364. The van der Waals surface area contributed by atoms with Crippen LogP contribution in [0.5, 0.6) is 0 Å². The summed E-state index contributed by atoms with van der Waals surface area (Å²) >= 11 is 7.50. The maximum atomic E-state index is 6.01. The van der Waals surface area contributed by atoms with Gasteiger partial charge in [0.1, 0.15) is 0 Å². The monoisotopic (exact) mass is 334 g/mol. The lowest BCUT2D eigenvalue weighted by atomic mass is 10.1. The van der Waals surface area contributed by atoms with Crippen molar-refractivity contribution >= 4 is 39.0 Å². The molecule has 1 aromatic heterocycles. The molecule has 1 aliphatic rings. The van der Waals surface area contributed by atoms with E-state index in [9.17, 15) is 0 Å². The number of rotatable bonds is 3. The summed E-state index contributed by atoms with van der Waals surface area (Å²) in [6.07, 6.45) is 0. The Balaban J connectivity index is 2.21. The van der Waals surface area contributed by atoms with Crippen LogP contribution in [-0.2, 0) is 0 Å². The van der Waals surface area contributed by atoms with Crippen LogP contribution in [0, 0.1) is 0 Å². The number of thiophene rings is 1. The van der Waals surface area contributed by atoms with E-state index in [-0.39, 0.29) is 0 Å². The predicted molar refractivity (Wildman–Crippen MR) is 81.9 cm³/mol. The molecule has 5 heteroatoms. The Hall–Kier alpha value is 0.450. The molecule has 0 radical (unpaired) electrons. The van der Waals surface area contributed by atoms with Gasteiger partial charge in [-0.25, -0.2) is 0 Å². The molecule has 2 heterocycles. The molecular formula is C12H19BrN2S2. The molecule has 0 aliphatic carbocycles. The van der Waals surface area contributed by atoms with Crippen molar-refractivity contribution < 1.29 is 0 Å². The summed E-state index contributed by atoms with van der Waals surface area (Å²) in [5, 5.41) is 2.83. The quantitative estimate of drug-likeness (QED) is 0.919. The van der Waals surface area contributed by atoms with Crippen LogP contribution in [0.1, 0.15) is 24.8 Å². The van der Waals surface area contributed by atoms with Gasteiger partial charge in [0, 0.05) is 39.5 Å². The first-order chi connectivity index (χ1) is 8.15. The van der Waals surface area contributed by atoms with Crippen LogP contribution in [0.4, 0.5) is 0 Å². The Morgan fingerprint density at radius 3 is 2.94 bits per heavy atom.